The average molecular weight is 286 g/mol. The highest BCUT2D eigenvalue weighted by Crippen LogP contribution is 2.30. The predicted octanol–water partition coefficient (Wildman–Crippen LogP) is 4.11. The third-order valence-electron chi connectivity index (χ3n) is 3.40. The third-order valence-corrected chi connectivity index (χ3v) is 3.40. The number of ether oxygens (including phenoxy) is 1. The first-order chi connectivity index (χ1) is 10.1. The fourth-order valence-corrected chi connectivity index (χ4v) is 2.46. The van der Waals surface area contributed by atoms with Gasteiger partial charge in [0.15, 0.2) is 5.78 Å². The summed E-state index contributed by atoms with van der Waals surface area (Å²) in [5.41, 5.74) is 2.70. The first-order valence-electron chi connectivity index (χ1n) is 6.52. The lowest BCUT2D eigenvalue weighted by molar-refractivity contribution is -0.0499. The van der Waals surface area contributed by atoms with Gasteiger partial charge in [0.1, 0.15) is 5.75 Å². The van der Waals surface area contributed by atoms with Crippen LogP contribution in [0.25, 0.3) is 6.08 Å². The van der Waals surface area contributed by atoms with Gasteiger partial charge in [0.05, 0.1) is 0 Å². The van der Waals surface area contributed by atoms with Crippen molar-refractivity contribution in [1.82, 2.24) is 0 Å². The van der Waals surface area contributed by atoms with E-state index in [1.807, 2.05) is 18.2 Å². The summed E-state index contributed by atoms with van der Waals surface area (Å²) in [5.74, 6) is 0.0150. The highest BCUT2D eigenvalue weighted by molar-refractivity contribution is 6.15. The monoisotopic (exact) mass is 286 g/mol. The number of hydrogen-bond acceptors (Lipinski definition) is 2. The predicted molar refractivity (Wildman–Crippen MR) is 75.5 cm³/mol. The van der Waals surface area contributed by atoms with Crippen molar-refractivity contribution in [2.75, 3.05) is 0 Å². The number of alkyl halides is 2. The summed E-state index contributed by atoms with van der Waals surface area (Å²) < 4.78 is 29.3. The van der Waals surface area contributed by atoms with E-state index < -0.39 is 6.61 Å². The maximum Gasteiger partial charge on any atom is 0.387 e. The number of ketones is 1. The number of rotatable bonds is 3. The van der Waals surface area contributed by atoms with Crippen molar-refractivity contribution in [1.29, 1.82) is 0 Å². The van der Waals surface area contributed by atoms with Gasteiger partial charge < -0.3 is 4.74 Å². The third kappa shape index (κ3) is 2.70. The summed E-state index contributed by atoms with van der Waals surface area (Å²) in [6, 6.07) is 13.8. The smallest absolute Gasteiger partial charge is 0.387 e. The number of Topliss-reactive ketones (excluding diaryl/α,β-unsaturated/α-hetero) is 1. The van der Waals surface area contributed by atoms with Gasteiger partial charge >= 0.3 is 6.61 Å². The Morgan fingerprint density at radius 1 is 1.05 bits per heavy atom. The number of para-hydroxylation sites is 1. The molecule has 0 saturated carbocycles. The molecule has 0 unspecified atom stereocenters. The van der Waals surface area contributed by atoms with Crippen molar-refractivity contribution in [3.63, 3.8) is 0 Å². The van der Waals surface area contributed by atoms with Crippen molar-refractivity contribution in [2.24, 2.45) is 0 Å². The van der Waals surface area contributed by atoms with Crippen LogP contribution in [-0.4, -0.2) is 12.4 Å². The molecular weight excluding hydrogens is 274 g/mol. The molecule has 0 spiro atoms. The van der Waals surface area contributed by atoms with Crippen molar-refractivity contribution >= 4 is 11.9 Å². The number of fused-ring (bicyclic) bond motifs is 1. The second-order valence-corrected chi connectivity index (χ2v) is 4.75. The van der Waals surface area contributed by atoms with Crippen molar-refractivity contribution in [2.45, 2.75) is 13.0 Å². The fraction of sp³-hybridized carbons (Fsp3) is 0.118. The van der Waals surface area contributed by atoms with Gasteiger partial charge in [0, 0.05) is 23.1 Å². The lowest BCUT2D eigenvalue weighted by Gasteiger charge is -2.08. The maximum absolute atomic E-state index is 12.4. The SMILES string of the molecule is O=C1C(=Cc2ccccc2OC(F)F)Cc2ccccc21. The summed E-state index contributed by atoms with van der Waals surface area (Å²) in [4.78, 5) is 12.3. The van der Waals surface area contributed by atoms with E-state index >= 15 is 0 Å². The zero-order chi connectivity index (χ0) is 14.8. The van der Waals surface area contributed by atoms with E-state index in [-0.39, 0.29) is 11.5 Å². The lowest BCUT2D eigenvalue weighted by Crippen LogP contribution is -2.03. The van der Waals surface area contributed by atoms with E-state index in [0.717, 1.165) is 5.56 Å². The fourth-order valence-electron chi connectivity index (χ4n) is 2.46. The number of carbonyl (C=O) groups excluding carboxylic acids is 1. The van der Waals surface area contributed by atoms with E-state index in [1.165, 1.54) is 6.07 Å². The minimum absolute atomic E-state index is 0.0579. The van der Waals surface area contributed by atoms with E-state index in [0.29, 0.717) is 23.1 Å². The molecule has 2 nitrogen and oxygen atoms in total. The molecule has 4 heteroatoms. The lowest BCUT2D eigenvalue weighted by atomic mass is 10.1. The van der Waals surface area contributed by atoms with Gasteiger partial charge in [0.2, 0.25) is 0 Å². The Morgan fingerprint density at radius 3 is 2.52 bits per heavy atom. The summed E-state index contributed by atoms with van der Waals surface area (Å²) in [6.07, 6.45) is 2.14. The summed E-state index contributed by atoms with van der Waals surface area (Å²) in [7, 11) is 0. The Labute approximate surface area is 120 Å². The Bertz CT molecular complexity index is 720. The van der Waals surface area contributed by atoms with Gasteiger partial charge in [-0.1, -0.05) is 42.5 Å². The van der Waals surface area contributed by atoms with Crippen molar-refractivity contribution < 1.29 is 18.3 Å². The Morgan fingerprint density at radius 2 is 1.76 bits per heavy atom. The van der Waals surface area contributed by atoms with Gasteiger partial charge in [-0.2, -0.15) is 8.78 Å². The molecule has 0 saturated heterocycles. The standard InChI is InChI=1S/C17H12F2O2/c18-17(19)21-15-8-4-2-6-12(15)10-13-9-11-5-1-3-7-14(11)16(13)20/h1-8,10,17H,9H2. The molecule has 0 atom stereocenters. The summed E-state index contributed by atoms with van der Waals surface area (Å²) >= 11 is 0. The zero-order valence-electron chi connectivity index (χ0n) is 11.1. The van der Waals surface area contributed by atoms with Crippen molar-refractivity contribution in [3.05, 3.63) is 70.8 Å². The molecule has 0 aliphatic heterocycles. The summed E-state index contributed by atoms with van der Waals surface area (Å²) in [6.45, 7) is -2.89. The maximum atomic E-state index is 12.4. The normalized spacial score (nSPS) is 15.6. The molecule has 3 rings (SSSR count). The molecule has 21 heavy (non-hydrogen) atoms. The van der Waals surface area contributed by atoms with E-state index in [1.54, 1.807) is 30.3 Å². The number of allylic oxidation sites excluding steroid dienone is 1. The van der Waals surface area contributed by atoms with Crippen LogP contribution < -0.4 is 4.74 Å². The summed E-state index contributed by atoms with van der Waals surface area (Å²) in [5, 5.41) is 0. The highest BCUT2D eigenvalue weighted by Gasteiger charge is 2.24. The first kappa shape index (κ1) is 13.5. The number of hydrogen-bond donors (Lipinski definition) is 0. The van der Waals surface area contributed by atoms with E-state index in [2.05, 4.69) is 4.74 Å². The van der Waals surface area contributed by atoms with Gasteiger partial charge in [-0.3, -0.25) is 4.79 Å². The molecule has 0 fully saturated rings. The van der Waals surface area contributed by atoms with Crippen LogP contribution >= 0.6 is 0 Å². The number of halogens is 2. The second kappa shape index (κ2) is 5.48. The van der Waals surface area contributed by atoms with Crippen LogP contribution in [0.2, 0.25) is 0 Å². The number of benzene rings is 2. The molecule has 0 N–H and O–H groups in total. The molecule has 2 aromatic carbocycles. The molecule has 0 amide bonds. The number of carbonyl (C=O) groups is 1. The first-order valence-corrected chi connectivity index (χ1v) is 6.52. The molecule has 0 radical (unpaired) electrons. The van der Waals surface area contributed by atoms with Crippen LogP contribution in [-0.2, 0) is 6.42 Å². The topological polar surface area (TPSA) is 26.3 Å². The Hall–Kier alpha value is -2.49. The van der Waals surface area contributed by atoms with Crippen LogP contribution in [0.3, 0.4) is 0 Å². The van der Waals surface area contributed by atoms with Crippen LogP contribution in [0, 0.1) is 0 Å². The van der Waals surface area contributed by atoms with E-state index in [4.69, 9.17) is 0 Å². The van der Waals surface area contributed by atoms with Crippen LogP contribution in [0.1, 0.15) is 21.5 Å². The zero-order valence-corrected chi connectivity index (χ0v) is 11.1. The largest absolute Gasteiger partial charge is 0.434 e. The molecule has 1 aliphatic carbocycles. The molecule has 0 aromatic heterocycles. The molecule has 0 heterocycles. The molecule has 2 aromatic rings. The van der Waals surface area contributed by atoms with Gasteiger partial charge in [-0.05, 0) is 17.7 Å². The minimum Gasteiger partial charge on any atom is -0.434 e. The van der Waals surface area contributed by atoms with Crippen LogP contribution in [0.5, 0.6) is 5.75 Å². The van der Waals surface area contributed by atoms with Gasteiger partial charge in [-0.25, -0.2) is 0 Å². The Balaban J connectivity index is 1.96. The average Bonchev–Trinajstić information content (AvgIpc) is 2.78. The Kier molecular flexibility index (Phi) is 3.52. The molecular formula is C17H12F2O2. The van der Waals surface area contributed by atoms with Crippen molar-refractivity contribution in [3.8, 4) is 5.75 Å². The van der Waals surface area contributed by atoms with Gasteiger partial charge in [0.25, 0.3) is 0 Å². The minimum atomic E-state index is -2.89. The highest BCUT2D eigenvalue weighted by atomic mass is 19.3. The van der Waals surface area contributed by atoms with Crippen LogP contribution in [0.4, 0.5) is 8.78 Å². The van der Waals surface area contributed by atoms with Gasteiger partial charge in [-0.15, -0.1) is 0 Å². The molecule has 106 valence electrons. The quantitative estimate of drug-likeness (QED) is 0.794. The van der Waals surface area contributed by atoms with Crippen LogP contribution in [0.15, 0.2) is 54.1 Å². The molecule has 0 bridgehead atoms. The van der Waals surface area contributed by atoms with E-state index in [9.17, 15) is 13.6 Å². The molecule has 1 aliphatic rings. The second-order valence-electron chi connectivity index (χ2n) is 4.75.